The molecular formula is C20H25NO5. The van der Waals surface area contributed by atoms with Crippen LogP contribution in [0.1, 0.15) is 25.0 Å². The minimum Gasteiger partial charge on any atom is -0.494 e. The van der Waals surface area contributed by atoms with Gasteiger partial charge in [0.1, 0.15) is 5.75 Å². The van der Waals surface area contributed by atoms with Crippen molar-refractivity contribution in [3.05, 3.63) is 53.7 Å². The van der Waals surface area contributed by atoms with Crippen molar-refractivity contribution < 1.29 is 24.1 Å². The molecule has 1 heterocycles. The average molecular weight is 359 g/mol. The van der Waals surface area contributed by atoms with Crippen LogP contribution in [0, 0.1) is 0 Å². The second-order valence-corrected chi connectivity index (χ2v) is 5.67. The van der Waals surface area contributed by atoms with Crippen molar-refractivity contribution in [3.63, 3.8) is 0 Å². The van der Waals surface area contributed by atoms with Crippen LogP contribution in [0.4, 0.5) is 0 Å². The van der Waals surface area contributed by atoms with E-state index in [1.807, 2.05) is 37.3 Å². The Morgan fingerprint density at radius 1 is 1.04 bits per heavy atom. The number of carbonyl (C=O) groups is 1. The summed E-state index contributed by atoms with van der Waals surface area (Å²) < 4.78 is 16.3. The Hall–Kier alpha value is -2.60. The molecule has 0 fully saturated rings. The van der Waals surface area contributed by atoms with Crippen LogP contribution in [0.3, 0.4) is 0 Å². The fourth-order valence-corrected chi connectivity index (χ4v) is 2.44. The Bertz CT molecular complexity index is 670. The molecule has 1 aromatic heterocycles. The van der Waals surface area contributed by atoms with Crippen LogP contribution in [0.25, 0.3) is 0 Å². The molecule has 2 aromatic rings. The third-order valence-electron chi connectivity index (χ3n) is 3.74. The van der Waals surface area contributed by atoms with Gasteiger partial charge in [-0.3, -0.25) is 0 Å². The number of hydrogen-bond acceptors (Lipinski definition) is 5. The van der Waals surface area contributed by atoms with Gasteiger partial charge in [0.25, 0.3) is 0 Å². The second kappa shape index (κ2) is 10.4. The molecule has 0 aliphatic heterocycles. The number of carboxylic acids is 1. The summed E-state index contributed by atoms with van der Waals surface area (Å²) >= 11 is 0. The van der Waals surface area contributed by atoms with E-state index in [-0.39, 0.29) is 6.42 Å². The van der Waals surface area contributed by atoms with Gasteiger partial charge in [0.15, 0.2) is 6.10 Å². The van der Waals surface area contributed by atoms with Crippen molar-refractivity contribution in [3.8, 4) is 11.6 Å². The number of rotatable bonds is 11. The quantitative estimate of drug-likeness (QED) is 0.664. The molecule has 0 saturated carbocycles. The Balaban J connectivity index is 1.80. The van der Waals surface area contributed by atoms with Gasteiger partial charge in [-0.15, -0.1) is 0 Å². The third-order valence-corrected chi connectivity index (χ3v) is 3.74. The van der Waals surface area contributed by atoms with Crippen molar-refractivity contribution in [1.29, 1.82) is 0 Å². The fourth-order valence-electron chi connectivity index (χ4n) is 2.44. The number of carboxylic acid groups (broad SMARTS) is 1. The first-order valence-corrected chi connectivity index (χ1v) is 8.76. The molecule has 0 spiro atoms. The molecule has 1 aromatic carbocycles. The Kier molecular flexibility index (Phi) is 7.89. The summed E-state index contributed by atoms with van der Waals surface area (Å²) in [5, 5.41) is 9.11. The van der Waals surface area contributed by atoms with E-state index in [1.165, 1.54) is 0 Å². The van der Waals surface area contributed by atoms with E-state index in [0.717, 1.165) is 23.3 Å². The molecule has 26 heavy (non-hydrogen) atoms. The maximum absolute atomic E-state index is 11.1. The summed E-state index contributed by atoms with van der Waals surface area (Å²) in [7, 11) is 0. The third kappa shape index (κ3) is 6.37. The van der Waals surface area contributed by atoms with Gasteiger partial charge in [-0.1, -0.05) is 18.2 Å². The highest BCUT2D eigenvalue weighted by Crippen LogP contribution is 2.14. The van der Waals surface area contributed by atoms with Crippen molar-refractivity contribution >= 4 is 5.97 Å². The van der Waals surface area contributed by atoms with Crippen LogP contribution in [-0.2, 0) is 22.4 Å². The smallest absolute Gasteiger partial charge is 0.333 e. The summed E-state index contributed by atoms with van der Waals surface area (Å²) in [6.45, 7) is 5.25. The molecule has 6 nitrogen and oxygen atoms in total. The number of ether oxygens (including phenoxy) is 3. The van der Waals surface area contributed by atoms with E-state index >= 15 is 0 Å². The van der Waals surface area contributed by atoms with Gasteiger partial charge in [-0.25, -0.2) is 9.78 Å². The number of aromatic nitrogens is 1. The predicted molar refractivity (Wildman–Crippen MR) is 97.8 cm³/mol. The first-order valence-electron chi connectivity index (χ1n) is 8.76. The van der Waals surface area contributed by atoms with Gasteiger partial charge in [-0.05, 0) is 37.1 Å². The highest BCUT2D eigenvalue weighted by Gasteiger charge is 2.18. The lowest BCUT2D eigenvalue weighted by Gasteiger charge is -2.12. The Morgan fingerprint density at radius 2 is 1.77 bits per heavy atom. The lowest BCUT2D eigenvalue weighted by molar-refractivity contribution is -0.149. The molecular weight excluding hydrogens is 334 g/mol. The summed E-state index contributed by atoms with van der Waals surface area (Å²) in [4.78, 5) is 15.3. The van der Waals surface area contributed by atoms with Crippen molar-refractivity contribution in [2.75, 3.05) is 19.8 Å². The molecule has 140 valence electrons. The van der Waals surface area contributed by atoms with Gasteiger partial charge in [0.2, 0.25) is 5.88 Å². The molecule has 0 saturated heterocycles. The summed E-state index contributed by atoms with van der Waals surface area (Å²) in [5.74, 6) is 0.409. The summed E-state index contributed by atoms with van der Waals surface area (Å²) in [6.07, 6.45) is 1.82. The van der Waals surface area contributed by atoms with E-state index < -0.39 is 12.1 Å². The highest BCUT2D eigenvalue weighted by molar-refractivity contribution is 5.72. The molecule has 1 N–H and O–H groups in total. The highest BCUT2D eigenvalue weighted by atomic mass is 16.5. The van der Waals surface area contributed by atoms with E-state index in [1.54, 1.807) is 19.2 Å². The fraction of sp³-hybridized carbons (Fsp3) is 0.400. The minimum absolute atomic E-state index is 0.280. The normalized spacial score (nSPS) is 11.8. The SMILES string of the molecule is CCOc1ccc(CCOc2ccc(CC(OCC)C(=O)O)cn2)cc1. The molecule has 0 amide bonds. The zero-order valence-corrected chi connectivity index (χ0v) is 15.2. The van der Waals surface area contributed by atoms with Crippen molar-refractivity contribution in [2.45, 2.75) is 32.8 Å². The molecule has 0 aliphatic carbocycles. The van der Waals surface area contributed by atoms with Crippen LogP contribution in [0.15, 0.2) is 42.6 Å². The maximum atomic E-state index is 11.1. The monoisotopic (exact) mass is 359 g/mol. The maximum Gasteiger partial charge on any atom is 0.333 e. The number of aliphatic carboxylic acids is 1. The van der Waals surface area contributed by atoms with Gasteiger partial charge >= 0.3 is 5.97 Å². The van der Waals surface area contributed by atoms with Crippen LogP contribution >= 0.6 is 0 Å². The lowest BCUT2D eigenvalue weighted by Crippen LogP contribution is -2.26. The molecule has 1 atom stereocenters. The summed E-state index contributed by atoms with van der Waals surface area (Å²) in [5.41, 5.74) is 1.95. The Labute approximate surface area is 153 Å². The van der Waals surface area contributed by atoms with Gasteiger partial charge in [-0.2, -0.15) is 0 Å². The zero-order valence-electron chi connectivity index (χ0n) is 15.2. The minimum atomic E-state index is -0.970. The van der Waals surface area contributed by atoms with E-state index in [9.17, 15) is 4.79 Å². The van der Waals surface area contributed by atoms with Crippen LogP contribution in [0.2, 0.25) is 0 Å². The van der Waals surface area contributed by atoms with Gasteiger partial charge < -0.3 is 19.3 Å². The molecule has 2 rings (SSSR count). The van der Waals surface area contributed by atoms with Gasteiger partial charge in [0, 0.05) is 31.7 Å². The Morgan fingerprint density at radius 3 is 2.35 bits per heavy atom. The topological polar surface area (TPSA) is 77.9 Å². The van der Waals surface area contributed by atoms with Crippen LogP contribution in [-0.4, -0.2) is 42.0 Å². The van der Waals surface area contributed by atoms with Crippen LogP contribution < -0.4 is 9.47 Å². The first-order chi connectivity index (χ1) is 12.6. The lowest BCUT2D eigenvalue weighted by atomic mass is 10.1. The molecule has 0 aliphatic rings. The predicted octanol–water partition coefficient (Wildman–Crippen LogP) is 3.13. The molecule has 0 bridgehead atoms. The second-order valence-electron chi connectivity index (χ2n) is 5.67. The number of nitrogens with zero attached hydrogens (tertiary/aromatic N) is 1. The standard InChI is InChI=1S/C20H25NO5/c1-3-24-17-8-5-15(6-9-17)11-12-26-19-10-7-16(14-21-19)13-18(20(22)23)25-4-2/h5-10,14,18H,3-4,11-13H2,1-2H3,(H,22,23). The number of pyridine rings is 1. The van der Waals surface area contributed by atoms with Crippen molar-refractivity contribution in [2.24, 2.45) is 0 Å². The van der Waals surface area contributed by atoms with E-state index in [2.05, 4.69) is 4.98 Å². The molecule has 6 heteroatoms. The summed E-state index contributed by atoms with van der Waals surface area (Å²) in [6, 6.07) is 11.5. The number of hydrogen-bond donors (Lipinski definition) is 1. The molecule has 0 radical (unpaired) electrons. The van der Waals surface area contributed by atoms with E-state index in [0.29, 0.717) is 25.7 Å². The largest absolute Gasteiger partial charge is 0.494 e. The van der Waals surface area contributed by atoms with Crippen molar-refractivity contribution in [1.82, 2.24) is 4.98 Å². The number of benzene rings is 1. The molecule has 1 unspecified atom stereocenters. The van der Waals surface area contributed by atoms with Crippen LogP contribution in [0.5, 0.6) is 11.6 Å². The van der Waals surface area contributed by atoms with Gasteiger partial charge in [0.05, 0.1) is 13.2 Å². The first kappa shape index (κ1) is 19.7. The average Bonchev–Trinajstić information content (AvgIpc) is 2.64. The van der Waals surface area contributed by atoms with E-state index in [4.69, 9.17) is 19.3 Å². The zero-order chi connectivity index (χ0) is 18.8.